The Morgan fingerprint density at radius 1 is 1.25 bits per heavy atom. The number of benzene rings is 1. The van der Waals surface area contributed by atoms with E-state index in [-0.39, 0.29) is 36.8 Å². The molecule has 1 aliphatic heterocycles. The molecule has 1 amide bonds. The summed E-state index contributed by atoms with van der Waals surface area (Å²) in [5.41, 5.74) is 6.65. The van der Waals surface area contributed by atoms with Gasteiger partial charge in [0.15, 0.2) is 0 Å². The molecule has 3 N–H and O–H groups in total. The van der Waals surface area contributed by atoms with Crippen LogP contribution in [0.3, 0.4) is 0 Å². The van der Waals surface area contributed by atoms with Crippen molar-refractivity contribution in [2.75, 3.05) is 26.2 Å². The van der Waals surface area contributed by atoms with E-state index in [9.17, 15) is 4.79 Å². The summed E-state index contributed by atoms with van der Waals surface area (Å²) in [7, 11) is 0. The van der Waals surface area contributed by atoms with E-state index in [2.05, 4.69) is 10.2 Å². The van der Waals surface area contributed by atoms with Gasteiger partial charge >= 0.3 is 0 Å². The number of hydrogen-bond donors (Lipinski definition) is 2. The Kier molecular flexibility index (Phi) is 11.8. The quantitative estimate of drug-likeness (QED) is 0.729. The van der Waals surface area contributed by atoms with Crippen LogP contribution in [0.15, 0.2) is 24.3 Å². The number of nitrogens with two attached hydrogens (primary N) is 1. The predicted molar refractivity (Wildman–Crippen MR) is 102 cm³/mol. The number of ether oxygens (including phenoxy) is 1. The molecule has 0 spiro atoms. The number of carbonyl (C=O) groups excluding carboxylic acids is 1. The zero-order valence-corrected chi connectivity index (χ0v) is 15.8. The van der Waals surface area contributed by atoms with Crippen LogP contribution in [0.5, 0.6) is 5.75 Å². The first-order valence-electron chi connectivity index (χ1n) is 8.10. The van der Waals surface area contributed by atoms with Gasteiger partial charge in [-0.25, -0.2) is 0 Å². The summed E-state index contributed by atoms with van der Waals surface area (Å²) in [6.07, 6.45) is 2.98. The van der Waals surface area contributed by atoms with E-state index < -0.39 is 0 Å². The van der Waals surface area contributed by atoms with Gasteiger partial charge in [-0.1, -0.05) is 12.1 Å². The zero-order valence-electron chi connectivity index (χ0n) is 14.2. The van der Waals surface area contributed by atoms with Crippen molar-refractivity contribution in [1.29, 1.82) is 0 Å². The minimum atomic E-state index is -0.105. The molecule has 1 heterocycles. The van der Waals surface area contributed by atoms with Crippen LogP contribution in [0.25, 0.3) is 0 Å². The van der Waals surface area contributed by atoms with E-state index in [4.69, 9.17) is 10.5 Å². The summed E-state index contributed by atoms with van der Waals surface area (Å²) in [5.74, 6) is 0.866. The lowest BCUT2D eigenvalue weighted by atomic mass is 10.2. The lowest BCUT2D eigenvalue weighted by molar-refractivity contribution is -0.121. The van der Waals surface area contributed by atoms with E-state index in [1.807, 2.05) is 31.2 Å². The van der Waals surface area contributed by atoms with Gasteiger partial charge in [-0.2, -0.15) is 0 Å². The summed E-state index contributed by atoms with van der Waals surface area (Å²) in [4.78, 5) is 14.0. The first-order valence-corrected chi connectivity index (χ1v) is 8.10. The number of hydrogen-bond acceptors (Lipinski definition) is 4. The van der Waals surface area contributed by atoms with Crippen LogP contribution >= 0.6 is 24.8 Å². The van der Waals surface area contributed by atoms with E-state index in [0.717, 1.165) is 24.5 Å². The normalized spacial score (nSPS) is 15.1. The second kappa shape index (κ2) is 12.4. The topological polar surface area (TPSA) is 67.6 Å². The Labute approximate surface area is 157 Å². The standard InChI is InChI=1S/C17H27N3O2.2ClH/c1-14(18)12-17(21)19-13-15-4-6-16(7-5-15)22-11-10-20-8-2-3-9-20;;/h4-7,14H,2-3,8-13,18H2,1H3,(H,19,21);2*1H. The smallest absolute Gasteiger partial charge is 0.221 e. The van der Waals surface area contributed by atoms with Crippen molar-refractivity contribution >= 4 is 30.7 Å². The van der Waals surface area contributed by atoms with Gasteiger partial charge in [0.25, 0.3) is 0 Å². The fourth-order valence-corrected chi connectivity index (χ4v) is 2.57. The lowest BCUT2D eigenvalue weighted by Crippen LogP contribution is -2.29. The number of halogens is 2. The van der Waals surface area contributed by atoms with Crippen LogP contribution < -0.4 is 15.8 Å². The Morgan fingerprint density at radius 2 is 1.88 bits per heavy atom. The van der Waals surface area contributed by atoms with Gasteiger partial charge in [0.2, 0.25) is 5.91 Å². The van der Waals surface area contributed by atoms with E-state index in [0.29, 0.717) is 13.0 Å². The van der Waals surface area contributed by atoms with Crippen molar-refractivity contribution in [1.82, 2.24) is 10.2 Å². The van der Waals surface area contributed by atoms with Gasteiger partial charge in [0.05, 0.1) is 0 Å². The minimum Gasteiger partial charge on any atom is -0.492 e. The molecule has 0 bridgehead atoms. The first kappa shape index (κ1) is 23.0. The van der Waals surface area contributed by atoms with Crippen LogP contribution in [-0.4, -0.2) is 43.1 Å². The molecule has 0 radical (unpaired) electrons. The van der Waals surface area contributed by atoms with Crippen molar-refractivity contribution < 1.29 is 9.53 Å². The average molecular weight is 378 g/mol. The minimum absolute atomic E-state index is 0. The molecule has 2 rings (SSSR count). The van der Waals surface area contributed by atoms with Crippen molar-refractivity contribution in [2.45, 2.75) is 38.8 Å². The molecule has 138 valence electrons. The Balaban J connectivity index is 0.00000264. The number of carbonyl (C=O) groups is 1. The second-order valence-corrected chi connectivity index (χ2v) is 6.00. The Bertz CT molecular complexity index is 463. The first-order chi connectivity index (χ1) is 10.6. The van der Waals surface area contributed by atoms with Crippen molar-refractivity contribution in [3.05, 3.63) is 29.8 Å². The van der Waals surface area contributed by atoms with Crippen LogP contribution in [0.2, 0.25) is 0 Å². The average Bonchev–Trinajstić information content (AvgIpc) is 2.99. The third-order valence-electron chi connectivity index (χ3n) is 3.80. The fourth-order valence-electron chi connectivity index (χ4n) is 2.57. The van der Waals surface area contributed by atoms with Crippen LogP contribution in [-0.2, 0) is 11.3 Å². The molecule has 1 saturated heterocycles. The molecule has 24 heavy (non-hydrogen) atoms. The summed E-state index contributed by atoms with van der Waals surface area (Å²) in [6, 6.07) is 7.77. The molecular formula is C17H29Cl2N3O2. The van der Waals surface area contributed by atoms with E-state index in [1.54, 1.807) is 0 Å². The maximum atomic E-state index is 11.5. The molecule has 0 aliphatic carbocycles. The maximum Gasteiger partial charge on any atom is 0.221 e. The summed E-state index contributed by atoms with van der Waals surface area (Å²) in [6.45, 7) is 6.47. The summed E-state index contributed by atoms with van der Waals surface area (Å²) >= 11 is 0. The molecule has 7 heteroatoms. The highest BCUT2D eigenvalue weighted by atomic mass is 35.5. The van der Waals surface area contributed by atoms with Gasteiger partial charge in [0, 0.05) is 25.6 Å². The van der Waals surface area contributed by atoms with E-state index in [1.165, 1.54) is 25.9 Å². The zero-order chi connectivity index (χ0) is 15.8. The van der Waals surface area contributed by atoms with Gasteiger partial charge in [-0.15, -0.1) is 24.8 Å². The summed E-state index contributed by atoms with van der Waals surface area (Å²) < 4.78 is 5.76. The molecule has 5 nitrogen and oxygen atoms in total. The molecule has 0 aromatic heterocycles. The second-order valence-electron chi connectivity index (χ2n) is 6.00. The van der Waals surface area contributed by atoms with E-state index >= 15 is 0 Å². The van der Waals surface area contributed by atoms with Crippen LogP contribution in [0.1, 0.15) is 31.7 Å². The molecule has 1 atom stereocenters. The predicted octanol–water partition coefficient (Wildman–Crippen LogP) is 2.36. The largest absolute Gasteiger partial charge is 0.492 e. The highest BCUT2D eigenvalue weighted by molar-refractivity contribution is 5.85. The molecule has 1 fully saturated rings. The Morgan fingerprint density at radius 3 is 2.46 bits per heavy atom. The van der Waals surface area contributed by atoms with Crippen molar-refractivity contribution in [3.63, 3.8) is 0 Å². The Hall–Kier alpha value is -1.01. The highest BCUT2D eigenvalue weighted by Crippen LogP contribution is 2.13. The molecular weight excluding hydrogens is 349 g/mol. The summed E-state index contributed by atoms with van der Waals surface area (Å²) in [5, 5.41) is 2.86. The SMILES string of the molecule is CC(N)CC(=O)NCc1ccc(OCCN2CCCC2)cc1.Cl.Cl. The third-order valence-corrected chi connectivity index (χ3v) is 3.80. The fraction of sp³-hybridized carbons (Fsp3) is 0.588. The number of nitrogens with one attached hydrogen (secondary N) is 1. The van der Waals surface area contributed by atoms with Crippen molar-refractivity contribution in [3.8, 4) is 5.75 Å². The number of nitrogens with zero attached hydrogens (tertiary/aromatic N) is 1. The van der Waals surface area contributed by atoms with Crippen molar-refractivity contribution in [2.24, 2.45) is 5.73 Å². The number of amides is 1. The third kappa shape index (κ3) is 8.73. The van der Waals surface area contributed by atoms with Gasteiger partial charge < -0.3 is 15.8 Å². The number of likely N-dealkylation sites (tertiary alicyclic amines) is 1. The van der Waals surface area contributed by atoms with Gasteiger partial charge in [0.1, 0.15) is 12.4 Å². The van der Waals surface area contributed by atoms with Crippen LogP contribution in [0.4, 0.5) is 0 Å². The maximum absolute atomic E-state index is 11.5. The van der Waals surface area contributed by atoms with Gasteiger partial charge in [-0.05, 0) is 50.6 Å². The monoisotopic (exact) mass is 377 g/mol. The molecule has 1 aromatic rings. The van der Waals surface area contributed by atoms with Crippen LogP contribution in [0, 0.1) is 0 Å². The molecule has 1 aromatic carbocycles. The molecule has 1 unspecified atom stereocenters. The van der Waals surface area contributed by atoms with Gasteiger partial charge in [-0.3, -0.25) is 9.69 Å². The molecule has 1 aliphatic rings. The highest BCUT2D eigenvalue weighted by Gasteiger charge is 2.10. The molecule has 0 saturated carbocycles. The number of rotatable bonds is 8. The lowest BCUT2D eigenvalue weighted by Gasteiger charge is -2.15.